The van der Waals surface area contributed by atoms with Gasteiger partial charge in [0.05, 0.1) is 7.11 Å². The molecular formula is C24H33N3O2. The predicted molar refractivity (Wildman–Crippen MR) is 119 cm³/mol. The lowest BCUT2D eigenvalue weighted by atomic mass is 9.72. The lowest BCUT2D eigenvalue weighted by Gasteiger charge is -2.39. The van der Waals surface area contributed by atoms with E-state index in [1.165, 1.54) is 16.7 Å². The average Bonchev–Trinajstić information content (AvgIpc) is 2.75. The topological polar surface area (TPSA) is 46.1 Å². The third-order valence-corrected chi connectivity index (χ3v) is 5.90. The Morgan fingerprint density at radius 1 is 1.14 bits per heavy atom. The molecule has 0 saturated carbocycles. The second kappa shape index (κ2) is 9.79. The summed E-state index contributed by atoms with van der Waals surface area (Å²) in [6, 6.07) is 16.9. The highest BCUT2D eigenvalue weighted by Gasteiger charge is 2.35. The number of aliphatic imine (C=N–C) groups is 1. The zero-order chi connectivity index (χ0) is 20.7. The smallest absolute Gasteiger partial charge is 0.193 e. The molecule has 0 atom stereocenters. The molecule has 2 aromatic rings. The van der Waals surface area contributed by atoms with E-state index >= 15 is 0 Å². The van der Waals surface area contributed by atoms with E-state index in [0.717, 1.165) is 50.9 Å². The van der Waals surface area contributed by atoms with Gasteiger partial charge < -0.3 is 19.7 Å². The number of benzene rings is 2. The number of hydrogen-bond donors (Lipinski definition) is 1. The maximum Gasteiger partial charge on any atom is 0.193 e. The van der Waals surface area contributed by atoms with Crippen molar-refractivity contribution in [1.29, 1.82) is 0 Å². The van der Waals surface area contributed by atoms with Crippen molar-refractivity contribution in [3.05, 3.63) is 65.2 Å². The van der Waals surface area contributed by atoms with Gasteiger partial charge in [-0.15, -0.1) is 0 Å². The molecule has 5 heteroatoms. The molecule has 2 aromatic carbocycles. The molecule has 0 spiro atoms. The van der Waals surface area contributed by atoms with E-state index in [4.69, 9.17) is 9.47 Å². The highest BCUT2D eigenvalue weighted by molar-refractivity contribution is 5.79. The molecule has 1 aliphatic rings. The zero-order valence-corrected chi connectivity index (χ0v) is 18.1. The lowest BCUT2D eigenvalue weighted by molar-refractivity contribution is 0.0510. The van der Waals surface area contributed by atoms with Crippen LogP contribution in [0.3, 0.4) is 0 Å². The van der Waals surface area contributed by atoms with Gasteiger partial charge in [0.1, 0.15) is 5.75 Å². The van der Waals surface area contributed by atoms with Crippen molar-refractivity contribution in [3.8, 4) is 5.75 Å². The zero-order valence-electron chi connectivity index (χ0n) is 18.1. The normalized spacial score (nSPS) is 16.3. The van der Waals surface area contributed by atoms with Crippen LogP contribution in [0.4, 0.5) is 0 Å². The number of methoxy groups -OCH3 is 1. The minimum atomic E-state index is 0.0699. The largest absolute Gasteiger partial charge is 0.497 e. The minimum Gasteiger partial charge on any atom is -0.497 e. The molecule has 1 N–H and O–H groups in total. The van der Waals surface area contributed by atoms with Crippen LogP contribution >= 0.6 is 0 Å². The molecule has 29 heavy (non-hydrogen) atoms. The Labute approximate surface area is 174 Å². The monoisotopic (exact) mass is 395 g/mol. The van der Waals surface area contributed by atoms with Crippen molar-refractivity contribution >= 4 is 5.96 Å². The van der Waals surface area contributed by atoms with Gasteiger partial charge in [0.15, 0.2) is 5.96 Å². The molecular weight excluding hydrogens is 362 g/mol. The Kier molecular flexibility index (Phi) is 7.15. The van der Waals surface area contributed by atoms with Gasteiger partial charge in [0, 0.05) is 45.8 Å². The molecule has 156 valence electrons. The summed E-state index contributed by atoms with van der Waals surface area (Å²) in [6.07, 6.45) is 2.04. The summed E-state index contributed by atoms with van der Waals surface area (Å²) in [5.74, 6) is 1.78. The number of hydrogen-bond acceptors (Lipinski definition) is 3. The van der Waals surface area contributed by atoms with Gasteiger partial charge in [-0.05, 0) is 48.6 Å². The SMILES string of the molecule is CN=C(NCC1(c2ccccc2C)CCOCC1)N(C)Cc1ccc(OC)cc1. The van der Waals surface area contributed by atoms with E-state index < -0.39 is 0 Å². The Bertz CT molecular complexity index is 811. The van der Waals surface area contributed by atoms with E-state index in [1.807, 2.05) is 19.2 Å². The molecule has 0 radical (unpaired) electrons. The fourth-order valence-corrected chi connectivity index (χ4v) is 4.18. The Morgan fingerprint density at radius 3 is 2.45 bits per heavy atom. The van der Waals surface area contributed by atoms with Crippen LogP contribution in [0.5, 0.6) is 5.75 Å². The van der Waals surface area contributed by atoms with Gasteiger partial charge in [0.25, 0.3) is 0 Å². The summed E-state index contributed by atoms with van der Waals surface area (Å²) >= 11 is 0. The van der Waals surface area contributed by atoms with Crippen molar-refractivity contribution in [1.82, 2.24) is 10.2 Å². The van der Waals surface area contributed by atoms with Crippen LogP contribution in [-0.4, -0.2) is 51.8 Å². The summed E-state index contributed by atoms with van der Waals surface area (Å²) in [6.45, 7) is 5.44. The number of nitrogens with one attached hydrogen (secondary N) is 1. The molecule has 1 fully saturated rings. The van der Waals surface area contributed by atoms with Crippen molar-refractivity contribution < 1.29 is 9.47 Å². The standard InChI is InChI=1S/C24H33N3O2/c1-19-7-5-6-8-22(19)24(13-15-29-16-14-24)18-26-23(25-2)27(3)17-20-9-11-21(28-4)12-10-20/h5-12H,13-18H2,1-4H3,(H,25,26). The van der Waals surface area contributed by atoms with Gasteiger partial charge in [0.2, 0.25) is 0 Å². The third-order valence-electron chi connectivity index (χ3n) is 5.90. The molecule has 1 saturated heterocycles. The lowest BCUT2D eigenvalue weighted by Crippen LogP contribution is -2.48. The van der Waals surface area contributed by atoms with Crippen LogP contribution in [-0.2, 0) is 16.7 Å². The van der Waals surface area contributed by atoms with Crippen molar-refractivity contribution in [2.24, 2.45) is 4.99 Å². The van der Waals surface area contributed by atoms with Crippen molar-refractivity contribution in [2.45, 2.75) is 31.7 Å². The van der Waals surface area contributed by atoms with E-state index in [2.05, 4.69) is 65.6 Å². The minimum absolute atomic E-state index is 0.0699. The number of nitrogens with zero attached hydrogens (tertiary/aromatic N) is 2. The van der Waals surface area contributed by atoms with Crippen molar-refractivity contribution in [3.63, 3.8) is 0 Å². The van der Waals surface area contributed by atoms with Gasteiger partial charge in [-0.3, -0.25) is 4.99 Å². The van der Waals surface area contributed by atoms with Crippen LogP contribution in [0, 0.1) is 6.92 Å². The molecule has 0 bridgehead atoms. The third kappa shape index (κ3) is 5.10. The first-order valence-electron chi connectivity index (χ1n) is 10.3. The first kappa shape index (κ1) is 21.2. The quantitative estimate of drug-likeness (QED) is 0.598. The van der Waals surface area contributed by atoms with E-state index in [0.29, 0.717) is 0 Å². The van der Waals surface area contributed by atoms with Crippen LogP contribution in [0.1, 0.15) is 29.5 Å². The fourth-order valence-electron chi connectivity index (χ4n) is 4.18. The Balaban J connectivity index is 1.70. The molecule has 5 nitrogen and oxygen atoms in total. The second-order valence-corrected chi connectivity index (χ2v) is 7.81. The van der Waals surface area contributed by atoms with Crippen LogP contribution < -0.4 is 10.1 Å². The Morgan fingerprint density at radius 2 is 1.83 bits per heavy atom. The summed E-state index contributed by atoms with van der Waals surface area (Å²) in [7, 11) is 5.61. The summed E-state index contributed by atoms with van der Waals surface area (Å²) < 4.78 is 10.9. The van der Waals surface area contributed by atoms with Gasteiger partial charge >= 0.3 is 0 Å². The van der Waals surface area contributed by atoms with Gasteiger partial charge in [-0.2, -0.15) is 0 Å². The molecule has 0 aromatic heterocycles. The fraction of sp³-hybridized carbons (Fsp3) is 0.458. The highest BCUT2D eigenvalue weighted by Crippen LogP contribution is 2.36. The van der Waals surface area contributed by atoms with Gasteiger partial charge in [-0.1, -0.05) is 36.4 Å². The summed E-state index contributed by atoms with van der Waals surface area (Å²) in [5.41, 5.74) is 4.05. The molecule has 3 rings (SSSR count). The first-order chi connectivity index (χ1) is 14.1. The number of guanidine groups is 1. The predicted octanol–water partition coefficient (Wildman–Crippen LogP) is 3.76. The average molecular weight is 396 g/mol. The molecule has 0 aliphatic carbocycles. The van der Waals surface area contributed by atoms with Crippen LogP contribution in [0.2, 0.25) is 0 Å². The van der Waals surface area contributed by atoms with Crippen molar-refractivity contribution in [2.75, 3.05) is 41.0 Å². The molecule has 0 unspecified atom stereocenters. The first-order valence-corrected chi connectivity index (χ1v) is 10.3. The maximum absolute atomic E-state index is 5.69. The number of aryl methyl sites for hydroxylation is 1. The molecule has 1 aliphatic heterocycles. The van der Waals surface area contributed by atoms with E-state index in [-0.39, 0.29) is 5.41 Å². The number of rotatable bonds is 6. The van der Waals surface area contributed by atoms with E-state index in [1.54, 1.807) is 7.11 Å². The maximum atomic E-state index is 5.69. The highest BCUT2D eigenvalue weighted by atomic mass is 16.5. The molecule has 0 amide bonds. The Hall–Kier alpha value is -2.53. The molecule has 1 heterocycles. The van der Waals surface area contributed by atoms with Crippen LogP contribution in [0.25, 0.3) is 0 Å². The van der Waals surface area contributed by atoms with Crippen LogP contribution in [0.15, 0.2) is 53.5 Å². The summed E-state index contributed by atoms with van der Waals surface area (Å²) in [4.78, 5) is 6.68. The summed E-state index contributed by atoms with van der Waals surface area (Å²) in [5, 5.41) is 3.64. The van der Waals surface area contributed by atoms with Gasteiger partial charge in [-0.25, -0.2) is 0 Å². The van der Waals surface area contributed by atoms with E-state index in [9.17, 15) is 0 Å². The second-order valence-electron chi connectivity index (χ2n) is 7.81. The number of ether oxygens (including phenoxy) is 2.